The Labute approximate surface area is 153 Å². The number of hydrogen-bond donors (Lipinski definition) is 2. The Morgan fingerprint density at radius 1 is 1.16 bits per heavy atom. The van der Waals surface area contributed by atoms with Crippen molar-refractivity contribution in [2.24, 2.45) is 0 Å². The standard InChI is InChI=1S/C19H21N3O2.ClH/c1-13(23)21-12-14-7-9-15(10-8-14)19(24)22-11-3-4-16-17(20)5-2-6-18(16)22;/h2,5-10H,3-4,11-12,20H2,1H3,(H,21,23);1H. The normalized spacial score (nSPS) is 12.8. The minimum atomic E-state index is -0.0716. The quantitative estimate of drug-likeness (QED) is 0.827. The van der Waals surface area contributed by atoms with Crippen LogP contribution in [0.5, 0.6) is 0 Å². The van der Waals surface area contributed by atoms with E-state index in [1.165, 1.54) is 6.92 Å². The van der Waals surface area contributed by atoms with Gasteiger partial charge in [-0.25, -0.2) is 0 Å². The minimum Gasteiger partial charge on any atom is -0.398 e. The smallest absolute Gasteiger partial charge is 0.258 e. The summed E-state index contributed by atoms with van der Waals surface area (Å²) in [5.74, 6) is -0.0923. The summed E-state index contributed by atoms with van der Waals surface area (Å²) >= 11 is 0. The van der Waals surface area contributed by atoms with Crippen molar-refractivity contribution >= 4 is 35.6 Å². The number of benzene rings is 2. The van der Waals surface area contributed by atoms with Crippen LogP contribution in [-0.4, -0.2) is 18.4 Å². The number of fused-ring (bicyclic) bond motifs is 1. The summed E-state index contributed by atoms with van der Waals surface area (Å²) in [7, 11) is 0. The van der Waals surface area contributed by atoms with E-state index < -0.39 is 0 Å². The number of halogens is 1. The Balaban J connectivity index is 0.00000225. The van der Waals surface area contributed by atoms with Gasteiger partial charge in [-0.1, -0.05) is 18.2 Å². The Bertz CT molecular complexity index is 775. The first-order valence-corrected chi connectivity index (χ1v) is 8.09. The highest BCUT2D eigenvalue weighted by atomic mass is 35.5. The lowest BCUT2D eigenvalue weighted by Gasteiger charge is -2.30. The minimum absolute atomic E-state index is 0. The van der Waals surface area contributed by atoms with Crippen LogP contribution in [0.15, 0.2) is 42.5 Å². The molecule has 0 aliphatic carbocycles. The highest BCUT2D eigenvalue weighted by molar-refractivity contribution is 6.07. The van der Waals surface area contributed by atoms with Crippen molar-refractivity contribution in [3.63, 3.8) is 0 Å². The monoisotopic (exact) mass is 359 g/mol. The van der Waals surface area contributed by atoms with Gasteiger partial charge in [0, 0.05) is 37.0 Å². The van der Waals surface area contributed by atoms with Crippen molar-refractivity contribution in [3.05, 3.63) is 59.2 Å². The van der Waals surface area contributed by atoms with Crippen molar-refractivity contribution in [1.29, 1.82) is 0 Å². The molecule has 0 atom stereocenters. The van der Waals surface area contributed by atoms with Crippen LogP contribution >= 0.6 is 12.4 Å². The summed E-state index contributed by atoms with van der Waals surface area (Å²) in [4.78, 5) is 25.6. The van der Waals surface area contributed by atoms with Gasteiger partial charge in [0.05, 0.1) is 0 Å². The van der Waals surface area contributed by atoms with E-state index in [1.807, 2.05) is 30.3 Å². The summed E-state index contributed by atoms with van der Waals surface area (Å²) in [6.07, 6.45) is 1.81. The SMILES string of the molecule is CC(=O)NCc1ccc(C(=O)N2CCCc3c(N)cccc32)cc1.Cl. The number of nitrogens with one attached hydrogen (secondary N) is 1. The number of carbonyl (C=O) groups is 2. The molecule has 0 unspecified atom stereocenters. The third-order valence-corrected chi connectivity index (χ3v) is 4.27. The zero-order chi connectivity index (χ0) is 17.1. The Hall–Kier alpha value is -2.53. The van der Waals surface area contributed by atoms with Gasteiger partial charge in [-0.15, -0.1) is 12.4 Å². The number of nitrogens with zero attached hydrogens (tertiary/aromatic N) is 1. The molecule has 3 rings (SSSR count). The molecule has 0 saturated carbocycles. The first-order chi connectivity index (χ1) is 11.6. The van der Waals surface area contributed by atoms with Crippen molar-refractivity contribution in [2.45, 2.75) is 26.3 Å². The Morgan fingerprint density at radius 2 is 1.88 bits per heavy atom. The highest BCUT2D eigenvalue weighted by Crippen LogP contribution is 2.32. The summed E-state index contributed by atoms with van der Waals surface area (Å²) in [6.45, 7) is 2.65. The number of nitrogen functional groups attached to an aromatic ring is 1. The molecule has 0 fully saturated rings. The zero-order valence-electron chi connectivity index (χ0n) is 14.1. The molecule has 132 valence electrons. The lowest BCUT2D eigenvalue weighted by molar-refractivity contribution is -0.119. The van der Waals surface area contributed by atoms with Crippen molar-refractivity contribution in [2.75, 3.05) is 17.2 Å². The maximum Gasteiger partial charge on any atom is 0.258 e. The first-order valence-electron chi connectivity index (χ1n) is 8.09. The van der Waals surface area contributed by atoms with E-state index in [9.17, 15) is 9.59 Å². The topological polar surface area (TPSA) is 75.4 Å². The molecule has 1 aliphatic heterocycles. The van der Waals surface area contributed by atoms with Gasteiger partial charge in [0.25, 0.3) is 5.91 Å². The van der Waals surface area contributed by atoms with E-state index in [2.05, 4.69) is 5.32 Å². The summed E-state index contributed by atoms with van der Waals surface area (Å²) in [6, 6.07) is 13.1. The summed E-state index contributed by atoms with van der Waals surface area (Å²) in [5.41, 5.74) is 10.4. The van der Waals surface area contributed by atoms with Crippen LogP contribution in [0.2, 0.25) is 0 Å². The Kier molecular flexibility index (Phi) is 6.04. The summed E-state index contributed by atoms with van der Waals surface area (Å²) < 4.78 is 0. The van der Waals surface area contributed by atoms with Crippen molar-refractivity contribution in [3.8, 4) is 0 Å². The van der Waals surface area contributed by atoms with Gasteiger partial charge in [-0.2, -0.15) is 0 Å². The van der Waals surface area contributed by atoms with E-state index in [0.29, 0.717) is 18.7 Å². The predicted molar refractivity (Wildman–Crippen MR) is 102 cm³/mol. The third-order valence-electron chi connectivity index (χ3n) is 4.27. The van der Waals surface area contributed by atoms with Gasteiger partial charge in [-0.05, 0) is 48.2 Å². The van der Waals surface area contributed by atoms with E-state index in [-0.39, 0.29) is 24.2 Å². The van der Waals surface area contributed by atoms with Crippen LogP contribution in [0.4, 0.5) is 11.4 Å². The molecule has 25 heavy (non-hydrogen) atoms. The van der Waals surface area contributed by atoms with Gasteiger partial charge >= 0.3 is 0 Å². The first kappa shape index (κ1) is 18.8. The van der Waals surface area contributed by atoms with E-state index >= 15 is 0 Å². The van der Waals surface area contributed by atoms with Crippen molar-refractivity contribution < 1.29 is 9.59 Å². The number of carbonyl (C=O) groups excluding carboxylic acids is 2. The van der Waals surface area contributed by atoms with Crippen LogP contribution < -0.4 is 16.0 Å². The molecule has 3 N–H and O–H groups in total. The molecule has 0 aromatic heterocycles. The van der Waals surface area contributed by atoms with Gasteiger partial charge in [0.1, 0.15) is 0 Å². The molecular weight excluding hydrogens is 338 g/mol. The molecule has 0 bridgehead atoms. The van der Waals surface area contributed by atoms with Crippen LogP contribution in [0.1, 0.15) is 34.8 Å². The maximum absolute atomic E-state index is 12.9. The second-order valence-electron chi connectivity index (χ2n) is 6.01. The second kappa shape index (κ2) is 8.03. The second-order valence-corrected chi connectivity index (χ2v) is 6.01. The molecular formula is C19H22ClN3O2. The number of hydrogen-bond acceptors (Lipinski definition) is 3. The highest BCUT2D eigenvalue weighted by Gasteiger charge is 2.24. The third kappa shape index (κ3) is 4.12. The van der Waals surface area contributed by atoms with Gasteiger partial charge in [-0.3, -0.25) is 9.59 Å². The average molecular weight is 360 g/mol. The number of rotatable bonds is 3. The van der Waals surface area contributed by atoms with Crippen LogP contribution in [0.3, 0.4) is 0 Å². The van der Waals surface area contributed by atoms with Gasteiger partial charge in [0.15, 0.2) is 0 Å². The zero-order valence-corrected chi connectivity index (χ0v) is 14.9. The van der Waals surface area contributed by atoms with Crippen LogP contribution in [0.25, 0.3) is 0 Å². The molecule has 5 nitrogen and oxygen atoms in total. The number of anilines is 2. The molecule has 1 aliphatic rings. The molecule has 6 heteroatoms. The molecule has 0 spiro atoms. The van der Waals surface area contributed by atoms with Gasteiger partial charge < -0.3 is 16.0 Å². The summed E-state index contributed by atoms with van der Waals surface area (Å²) in [5, 5.41) is 2.74. The lowest BCUT2D eigenvalue weighted by Crippen LogP contribution is -2.35. The van der Waals surface area contributed by atoms with Crippen LogP contribution in [-0.2, 0) is 17.8 Å². The number of amides is 2. The molecule has 0 radical (unpaired) electrons. The molecule has 2 amide bonds. The lowest BCUT2D eigenvalue weighted by atomic mass is 9.99. The molecule has 1 heterocycles. The Morgan fingerprint density at radius 3 is 2.56 bits per heavy atom. The fourth-order valence-electron chi connectivity index (χ4n) is 3.01. The van der Waals surface area contributed by atoms with E-state index in [1.54, 1.807) is 17.0 Å². The maximum atomic E-state index is 12.9. The van der Waals surface area contributed by atoms with Gasteiger partial charge in [0.2, 0.25) is 5.91 Å². The molecule has 2 aromatic carbocycles. The fourth-order valence-corrected chi connectivity index (χ4v) is 3.01. The van der Waals surface area contributed by atoms with E-state index in [0.717, 1.165) is 35.3 Å². The van der Waals surface area contributed by atoms with Crippen LogP contribution in [0, 0.1) is 0 Å². The predicted octanol–water partition coefficient (Wildman–Crippen LogP) is 2.92. The number of nitrogens with two attached hydrogens (primary N) is 1. The van der Waals surface area contributed by atoms with Crippen molar-refractivity contribution in [1.82, 2.24) is 5.32 Å². The average Bonchev–Trinajstić information content (AvgIpc) is 2.60. The largest absolute Gasteiger partial charge is 0.398 e. The molecule has 0 saturated heterocycles. The fraction of sp³-hybridized carbons (Fsp3) is 0.263. The van der Waals surface area contributed by atoms with E-state index in [4.69, 9.17) is 5.73 Å². The molecule has 2 aromatic rings.